The number of carbonyl (C=O) groups excluding carboxylic acids is 1. The number of carbonyl (C=O) groups is 2. The largest absolute Gasteiger partial charge is 0.480 e. The number of aliphatic carboxylic acids is 1. The first-order valence-corrected chi connectivity index (χ1v) is 8.70. The van der Waals surface area contributed by atoms with Crippen LogP contribution in [0, 0.1) is 0 Å². The predicted octanol–water partition coefficient (Wildman–Crippen LogP) is 1.48. The minimum Gasteiger partial charge on any atom is -0.480 e. The zero-order valence-electron chi connectivity index (χ0n) is 15.2. The van der Waals surface area contributed by atoms with E-state index in [9.17, 15) is 9.59 Å². The highest BCUT2D eigenvalue weighted by Gasteiger charge is 2.24. The second-order valence-corrected chi connectivity index (χ2v) is 6.27. The number of nitrogens with zero attached hydrogens (tertiary/aromatic N) is 3. The molecule has 1 aromatic heterocycles. The normalized spacial score (nSPS) is 12.9. The van der Waals surface area contributed by atoms with Crippen LogP contribution in [0.1, 0.15) is 12.5 Å². The Morgan fingerprint density at radius 2 is 1.75 bits per heavy atom. The van der Waals surface area contributed by atoms with Crippen molar-refractivity contribution in [1.82, 2.24) is 25.9 Å². The third-order valence-electron chi connectivity index (χ3n) is 4.22. The molecular formula is C19H20N6O3. The Bertz CT molecular complexity index is 913. The monoisotopic (exact) mass is 380 g/mol. The fraction of sp³-hybridized carbons (Fsp3) is 0.211. The lowest BCUT2D eigenvalue weighted by atomic mass is 10.00. The van der Waals surface area contributed by atoms with Crippen LogP contribution >= 0.6 is 0 Å². The Labute approximate surface area is 161 Å². The number of carboxylic acid groups (broad SMARTS) is 1. The third kappa shape index (κ3) is 4.98. The van der Waals surface area contributed by atoms with Gasteiger partial charge in [-0.25, -0.2) is 0 Å². The summed E-state index contributed by atoms with van der Waals surface area (Å²) in [6.45, 7) is 1.48. The van der Waals surface area contributed by atoms with E-state index in [1.807, 2.05) is 54.6 Å². The Kier molecular flexibility index (Phi) is 6.07. The van der Waals surface area contributed by atoms with Crippen LogP contribution in [-0.2, 0) is 16.0 Å². The summed E-state index contributed by atoms with van der Waals surface area (Å²) in [5, 5.41) is 27.5. The lowest BCUT2D eigenvalue weighted by molar-refractivity contribution is -0.139. The first-order chi connectivity index (χ1) is 13.5. The third-order valence-corrected chi connectivity index (χ3v) is 4.22. The number of nitrogens with one attached hydrogen (secondary N) is 3. The number of aromatic nitrogens is 4. The van der Waals surface area contributed by atoms with Crippen LogP contribution < -0.4 is 10.6 Å². The van der Waals surface area contributed by atoms with Gasteiger partial charge in [0.25, 0.3) is 5.95 Å². The quantitative estimate of drug-likeness (QED) is 0.465. The van der Waals surface area contributed by atoms with Gasteiger partial charge in [-0.15, -0.1) is 5.10 Å². The van der Waals surface area contributed by atoms with Gasteiger partial charge in [0.2, 0.25) is 5.91 Å². The predicted molar refractivity (Wildman–Crippen MR) is 102 cm³/mol. The molecule has 0 radical (unpaired) electrons. The van der Waals surface area contributed by atoms with Crippen molar-refractivity contribution in [1.29, 1.82) is 0 Å². The molecule has 0 aliphatic rings. The number of carboxylic acids is 1. The molecule has 4 N–H and O–H groups in total. The first-order valence-electron chi connectivity index (χ1n) is 8.70. The Morgan fingerprint density at radius 1 is 1.07 bits per heavy atom. The maximum Gasteiger partial charge on any atom is 0.320 e. The number of rotatable bonds is 8. The number of anilines is 1. The minimum atomic E-state index is -1.04. The lowest BCUT2D eigenvalue weighted by Crippen LogP contribution is -2.49. The molecule has 3 rings (SSSR count). The molecule has 28 heavy (non-hydrogen) atoms. The number of amides is 1. The molecular weight excluding hydrogens is 360 g/mol. The highest BCUT2D eigenvalue weighted by atomic mass is 16.4. The van der Waals surface area contributed by atoms with E-state index >= 15 is 0 Å². The van der Waals surface area contributed by atoms with E-state index in [1.54, 1.807) is 0 Å². The van der Waals surface area contributed by atoms with Gasteiger partial charge in [-0.3, -0.25) is 20.2 Å². The summed E-state index contributed by atoms with van der Waals surface area (Å²) in [5.41, 5.74) is 3.04. The fourth-order valence-electron chi connectivity index (χ4n) is 2.71. The van der Waals surface area contributed by atoms with E-state index in [0.29, 0.717) is 6.42 Å². The maximum absolute atomic E-state index is 12.6. The van der Waals surface area contributed by atoms with Crippen molar-refractivity contribution in [2.45, 2.75) is 25.4 Å². The van der Waals surface area contributed by atoms with Crippen LogP contribution in [0.3, 0.4) is 0 Å². The molecule has 0 aliphatic heterocycles. The maximum atomic E-state index is 12.6. The molecule has 2 atom stereocenters. The van der Waals surface area contributed by atoms with Gasteiger partial charge in [0.1, 0.15) is 6.04 Å². The van der Waals surface area contributed by atoms with Gasteiger partial charge < -0.3 is 5.11 Å². The van der Waals surface area contributed by atoms with E-state index in [-0.39, 0.29) is 5.95 Å². The van der Waals surface area contributed by atoms with Crippen LogP contribution in [0.4, 0.5) is 5.95 Å². The highest BCUT2D eigenvalue weighted by molar-refractivity contribution is 5.94. The Balaban J connectivity index is 1.74. The highest BCUT2D eigenvalue weighted by Crippen LogP contribution is 2.20. The molecule has 0 fully saturated rings. The van der Waals surface area contributed by atoms with Gasteiger partial charge in [0.15, 0.2) is 0 Å². The van der Waals surface area contributed by atoms with E-state index in [0.717, 1.165) is 16.7 Å². The summed E-state index contributed by atoms with van der Waals surface area (Å²) in [6.07, 6.45) is 0.302. The first kappa shape index (κ1) is 19.2. The number of hydrogen-bond acceptors (Lipinski definition) is 6. The second-order valence-electron chi connectivity index (χ2n) is 6.27. The molecule has 0 saturated heterocycles. The molecule has 3 aromatic rings. The van der Waals surface area contributed by atoms with Gasteiger partial charge in [-0.2, -0.15) is 5.21 Å². The van der Waals surface area contributed by atoms with Crippen molar-refractivity contribution >= 4 is 17.8 Å². The van der Waals surface area contributed by atoms with Gasteiger partial charge in [0, 0.05) is 0 Å². The van der Waals surface area contributed by atoms with Gasteiger partial charge in [-0.05, 0) is 35.2 Å². The zero-order chi connectivity index (χ0) is 19.9. The molecule has 0 aliphatic carbocycles. The van der Waals surface area contributed by atoms with Gasteiger partial charge >= 0.3 is 5.97 Å². The fourth-order valence-corrected chi connectivity index (χ4v) is 2.71. The average molecular weight is 380 g/mol. The summed E-state index contributed by atoms with van der Waals surface area (Å²) in [7, 11) is 0. The van der Waals surface area contributed by atoms with Crippen LogP contribution in [0.5, 0.6) is 0 Å². The lowest BCUT2D eigenvalue weighted by Gasteiger charge is -2.20. The molecule has 1 heterocycles. The van der Waals surface area contributed by atoms with E-state index in [2.05, 4.69) is 31.3 Å². The van der Waals surface area contributed by atoms with Crippen molar-refractivity contribution in [3.05, 3.63) is 60.2 Å². The molecule has 1 amide bonds. The Hall–Kier alpha value is -3.59. The summed E-state index contributed by atoms with van der Waals surface area (Å²) >= 11 is 0. The number of hydrogen-bond donors (Lipinski definition) is 4. The summed E-state index contributed by atoms with van der Waals surface area (Å²) in [5.74, 6) is -1.46. The van der Waals surface area contributed by atoms with E-state index in [4.69, 9.17) is 5.11 Å². The van der Waals surface area contributed by atoms with Crippen molar-refractivity contribution in [3.8, 4) is 11.1 Å². The van der Waals surface area contributed by atoms with Crippen LogP contribution in [-0.4, -0.2) is 49.7 Å². The number of benzene rings is 2. The number of aromatic amines is 1. The number of tetrazole rings is 1. The Morgan fingerprint density at radius 3 is 2.36 bits per heavy atom. The SMILES string of the molecule is C[C@H](N[C@H](Cc1ccc(-c2ccccc2)cc1)C(=O)Nc1nn[nH]n1)C(=O)O. The summed E-state index contributed by atoms with van der Waals surface area (Å²) < 4.78 is 0. The van der Waals surface area contributed by atoms with Crippen LogP contribution in [0.2, 0.25) is 0 Å². The van der Waals surface area contributed by atoms with Crippen molar-refractivity contribution in [3.63, 3.8) is 0 Å². The topological polar surface area (TPSA) is 133 Å². The molecule has 0 saturated carbocycles. The molecule has 2 aromatic carbocycles. The van der Waals surface area contributed by atoms with E-state index in [1.165, 1.54) is 6.92 Å². The van der Waals surface area contributed by atoms with Crippen molar-refractivity contribution < 1.29 is 14.7 Å². The summed E-state index contributed by atoms with van der Waals surface area (Å²) in [6, 6.07) is 16.0. The standard InChI is InChI=1S/C19H20N6O3/c1-12(18(27)28)20-16(17(26)21-19-22-24-25-23-19)11-13-7-9-15(10-8-13)14-5-3-2-4-6-14/h2-10,12,16,20H,11H2,1H3,(H,27,28)(H2,21,22,23,24,25,26)/t12-,16+/m0/s1. The molecule has 9 nitrogen and oxygen atoms in total. The molecule has 0 unspecified atom stereocenters. The zero-order valence-corrected chi connectivity index (χ0v) is 15.2. The van der Waals surface area contributed by atoms with E-state index < -0.39 is 24.0 Å². The molecule has 0 spiro atoms. The number of H-pyrrole nitrogens is 1. The van der Waals surface area contributed by atoms with Gasteiger partial charge in [-0.1, -0.05) is 59.7 Å². The van der Waals surface area contributed by atoms with Gasteiger partial charge in [0.05, 0.1) is 6.04 Å². The van der Waals surface area contributed by atoms with Crippen molar-refractivity contribution in [2.75, 3.05) is 5.32 Å². The second kappa shape index (κ2) is 8.87. The minimum absolute atomic E-state index is 0.0270. The summed E-state index contributed by atoms with van der Waals surface area (Å²) in [4.78, 5) is 23.8. The molecule has 144 valence electrons. The van der Waals surface area contributed by atoms with Crippen LogP contribution in [0.15, 0.2) is 54.6 Å². The smallest absolute Gasteiger partial charge is 0.320 e. The molecule has 9 heteroatoms. The average Bonchev–Trinajstić information content (AvgIpc) is 3.21. The van der Waals surface area contributed by atoms with Crippen molar-refractivity contribution in [2.24, 2.45) is 0 Å². The molecule has 0 bridgehead atoms. The van der Waals surface area contributed by atoms with Crippen LogP contribution in [0.25, 0.3) is 11.1 Å².